The lowest BCUT2D eigenvalue weighted by atomic mass is 9.84. The highest BCUT2D eigenvalue weighted by Crippen LogP contribution is 2.25. The molecular formula is C15H28O4S. The van der Waals surface area contributed by atoms with Crippen LogP contribution >= 0.6 is 11.8 Å². The van der Waals surface area contributed by atoms with E-state index in [4.69, 9.17) is 9.84 Å². The Bertz CT molecular complexity index is 297. The van der Waals surface area contributed by atoms with Gasteiger partial charge in [-0.3, -0.25) is 9.59 Å². The van der Waals surface area contributed by atoms with E-state index in [1.165, 1.54) is 11.8 Å². The third kappa shape index (κ3) is 13.7. The zero-order valence-corrected chi connectivity index (χ0v) is 13.9. The molecule has 0 aliphatic carbocycles. The number of aliphatic carboxylic acids is 1. The van der Waals surface area contributed by atoms with Crippen LogP contribution in [-0.2, 0) is 14.3 Å². The van der Waals surface area contributed by atoms with Crippen molar-refractivity contribution in [2.24, 2.45) is 11.3 Å². The molecule has 118 valence electrons. The van der Waals surface area contributed by atoms with E-state index in [1.807, 2.05) is 0 Å². The summed E-state index contributed by atoms with van der Waals surface area (Å²) < 4.78 is 5.19. The number of hydrogen-bond donors (Lipinski definition) is 1. The number of rotatable bonds is 10. The van der Waals surface area contributed by atoms with Crippen LogP contribution in [-0.4, -0.2) is 35.2 Å². The highest BCUT2D eigenvalue weighted by Gasteiger charge is 2.15. The summed E-state index contributed by atoms with van der Waals surface area (Å²) in [6, 6.07) is 0. The lowest BCUT2D eigenvalue weighted by Crippen LogP contribution is -2.14. The van der Waals surface area contributed by atoms with Crippen LogP contribution in [0.1, 0.15) is 53.4 Å². The predicted molar refractivity (Wildman–Crippen MR) is 83.0 cm³/mol. The summed E-state index contributed by atoms with van der Waals surface area (Å²) in [5.41, 5.74) is 0.310. The van der Waals surface area contributed by atoms with E-state index in [9.17, 15) is 9.59 Å². The molecule has 20 heavy (non-hydrogen) atoms. The van der Waals surface area contributed by atoms with Gasteiger partial charge in [-0.05, 0) is 24.2 Å². The van der Waals surface area contributed by atoms with E-state index in [2.05, 4.69) is 27.7 Å². The van der Waals surface area contributed by atoms with Crippen LogP contribution in [0.3, 0.4) is 0 Å². The number of carbonyl (C=O) groups is 2. The molecule has 1 unspecified atom stereocenters. The number of carboxylic acid groups (broad SMARTS) is 1. The minimum Gasteiger partial charge on any atom is -0.481 e. The molecule has 0 aromatic heterocycles. The predicted octanol–water partition coefficient (Wildman–Crippen LogP) is 3.59. The van der Waals surface area contributed by atoms with Gasteiger partial charge in [0.1, 0.15) is 0 Å². The molecule has 0 heterocycles. The van der Waals surface area contributed by atoms with Crippen LogP contribution in [0.15, 0.2) is 0 Å². The van der Waals surface area contributed by atoms with Crippen LogP contribution in [0, 0.1) is 11.3 Å². The van der Waals surface area contributed by atoms with Gasteiger partial charge in [0.15, 0.2) is 0 Å². The first-order valence-electron chi connectivity index (χ1n) is 7.16. The van der Waals surface area contributed by atoms with Crippen molar-refractivity contribution in [2.45, 2.75) is 53.4 Å². The molecule has 5 heteroatoms. The Morgan fingerprint density at radius 2 is 1.80 bits per heavy atom. The Balaban J connectivity index is 3.52. The molecule has 0 aromatic carbocycles. The molecule has 0 aromatic rings. The van der Waals surface area contributed by atoms with Crippen molar-refractivity contribution in [1.82, 2.24) is 0 Å². The minimum absolute atomic E-state index is 0.143. The summed E-state index contributed by atoms with van der Waals surface area (Å²) in [5.74, 6) is 0.742. The van der Waals surface area contributed by atoms with E-state index in [1.54, 1.807) is 0 Å². The summed E-state index contributed by atoms with van der Waals surface area (Å²) in [5, 5.41) is 8.47. The second-order valence-electron chi connectivity index (χ2n) is 6.39. The average Bonchev–Trinajstić information content (AvgIpc) is 2.25. The number of hydrogen-bond acceptors (Lipinski definition) is 4. The normalized spacial score (nSPS) is 13.0. The third-order valence-corrected chi connectivity index (χ3v) is 3.73. The summed E-state index contributed by atoms with van der Waals surface area (Å²) in [4.78, 5) is 21.8. The van der Waals surface area contributed by atoms with Crippen molar-refractivity contribution in [3.63, 3.8) is 0 Å². The fourth-order valence-electron chi connectivity index (χ4n) is 2.01. The first-order chi connectivity index (χ1) is 9.20. The lowest BCUT2D eigenvalue weighted by Gasteiger charge is -2.22. The molecule has 0 saturated heterocycles. The number of carboxylic acids is 1. The maximum atomic E-state index is 11.5. The van der Waals surface area contributed by atoms with Gasteiger partial charge in [-0.25, -0.2) is 0 Å². The molecule has 1 N–H and O–H groups in total. The van der Waals surface area contributed by atoms with Gasteiger partial charge in [-0.1, -0.05) is 27.7 Å². The van der Waals surface area contributed by atoms with Crippen molar-refractivity contribution in [2.75, 3.05) is 18.1 Å². The first kappa shape index (κ1) is 19.3. The van der Waals surface area contributed by atoms with Crippen molar-refractivity contribution in [3.05, 3.63) is 0 Å². The third-order valence-electron chi connectivity index (χ3n) is 2.75. The summed E-state index contributed by atoms with van der Waals surface area (Å²) >= 11 is 1.48. The highest BCUT2D eigenvalue weighted by molar-refractivity contribution is 7.99. The SMILES string of the molecule is CC(CCOC(=O)CCSCCC(=O)O)CC(C)(C)C. The summed E-state index contributed by atoms with van der Waals surface area (Å²) in [7, 11) is 0. The maximum Gasteiger partial charge on any atom is 0.306 e. The molecule has 0 saturated carbocycles. The molecule has 4 nitrogen and oxygen atoms in total. The van der Waals surface area contributed by atoms with Gasteiger partial charge in [0.05, 0.1) is 19.4 Å². The number of esters is 1. The van der Waals surface area contributed by atoms with Crippen molar-refractivity contribution in [1.29, 1.82) is 0 Å². The van der Waals surface area contributed by atoms with E-state index in [-0.39, 0.29) is 12.4 Å². The lowest BCUT2D eigenvalue weighted by molar-refractivity contribution is -0.143. The number of thioether (sulfide) groups is 1. The Morgan fingerprint density at radius 3 is 2.35 bits per heavy atom. The number of ether oxygens (including phenoxy) is 1. The van der Waals surface area contributed by atoms with Gasteiger partial charge in [0.2, 0.25) is 0 Å². The topological polar surface area (TPSA) is 63.6 Å². The molecule has 1 atom stereocenters. The van der Waals surface area contributed by atoms with E-state index in [0.717, 1.165) is 12.8 Å². The van der Waals surface area contributed by atoms with Crippen LogP contribution in [0.25, 0.3) is 0 Å². The molecule has 0 fully saturated rings. The van der Waals surface area contributed by atoms with E-state index < -0.39 is 5.97 Å². The second-order valence-corrected chi connectivity index (χ2v) is 7.61. The van der Waals surface area contributed by atoms with Gasteiger partial charge in [-0.2, -0.15) is 11.8 Å². The molecule has 0 spiro atoms. The Morgan fingerprint density at radius 1 is 1.20 bits per heavy atom. The van der Waals surface area contributed by atoms with Crippen LogP contribution < -0.4 is 0 Å². The number of carbonyl (C=O) groups excluding carboxylic acids is 1. The monoisotopic (exact) mass is 304 g/mol. The smallest absolute Gasteiger partial charge is 0.306 e. The Hall–Kier alpha value is -0.710. The molecular weight excluding hydrogens is 276 g/mol. The molecule has 0 bridgehead atoms. The van der Waals surface area contributed by atoms with Crippen LogP contribution in [0.4, 0.5) is 0 Å². The Kier molecular flexibility index (Phi) is 9.72. The summed E-state index contributed by atoms with van der Waals surface area (Å²) in [6.45, 7) is 9.30. The molecule has 0 rings (SSSR count). The fourth-order valence-corrected chi connectivity index (χ4v) is 2.84. The fraction of sp³-hybridized carbons (Fsp3) is 0.867. The molecule has 0 aliphatic rings. The molecule has 0 amide bonds. The van der Waals surface area contributed by atoms with Crippen LogP contribution in [0.5, 0.6) is 0 Å². The zero-order valence-electron chi connectivity index (χ0n) is 13.1. The standard InChI is InChI=1S/C15H28O4S/c1-12(11-15(2,3)4)5-8-19-14(18)7-10-20-9-6-13(16)17/h12H,5-11H2,1-4H3,(H,16,17). The quantitative estimate of drug-likeness (QED) is 0.493. The van der Waals surface area contributed by atoms with Gasteiger partial charge in [0, 0.05) is 11.5 Å². The van der Waals surface area contributed by atoms with Gasteiger partial charge in [0.25, 0.3) is 0 Å². The molecule has 0 aliphatic heterocycles. The second kappa shape index (κ2) is 10.1. The zero-order chi connectivity index (χ0) is 15.6. The van der Waals surface area contributed by atoms with Gasteiger partial charge >= 0.3 is 11.9 Å². The maximum absolute atomic E-state index is 11.5. The van der Waals surface area contributed by atoms with Gasteiger partial charge in [-0.15, -0.1) is 0 Å². The van der Waals surface area contributed by atoms with Gasteiger partial charge < -0.3 is 9.84 Å². The molecule has 0 radical (unpaired) electrons. The van der Waals surface area contributed by atoms with Crippen LogP contribution in [0.2, 0.25) is 0 Å². The average molecular weight is 304 g/mol. The summed E-state index contributed by atoms with van der Waals surface area (Å²) in [6.07, 6.45) is 2.52. The van der Waals surface area contributed by atoms with E-state index >= 15 is 0 Å². The van der Waals surface area contributed by atoms with Crippen molar-refractivity contribution in [3.8, 4) is 0 Å². The van der Waals surface area contributed by atoms with Crippen molar-refractivity contribution >= 4 is 23.7 Å². The largest absolute Gasteiger partial charge is 0.481 e. The first-order valence-corrected chi connectivity index (χ1v) is 8.31. The minimum atomic E-state index is -0.798. The Labute approximate surface area is 126 Å². The van der Waals surface area contributed by atoms with E-state index in [0.29, 0.717) is 35.9 Å². The highest BCUT2D eigenvalue weighted by atomic mass is 32.2. The van der Waals surface area contributed by atoms with Crippen molar-refractivity contribution < 1.29 is 19.4 Å².